The molecule has 37 heavy (non-hydrogen) atoms. The van der Waals surface area contributed by atoms with Crippen LogP contribution in [0.5, 0.6) is 5.75 Å². The highest BCUT2D eigenvalue weighted by Gasteiger charge is 2.38. The Bertz CT molecular complexity index is 1160. The van der Waals surface area contributed by atoms with Gasteiger partial charge in [-0.15, -0.1) is 0 Å². The van der Waals surface area contributed by atoms with Gasteiger partial charge in [-0.3, -0.25) is 0 Å². The van der Waals surface area contributed by atoms with E-state index in [0.29, 0.717) is 5.92 Å². The molecule has 0 spiro atoms. The minimum absolute atomic E-state index is 0.419. The van der Waals surface area contributed by atoms with Crippen LogP contribution in [0.25, 0.3) is 16.8 Å². The molecule has 0 N–H and O–H groups in total. The van der Waals surface area contributed by atoms with Crippen LogP contribution in [-0.4, -0.2) is 0 Å². The van der Waals surface area contributed by atoms with Crippen molar-refractivity contribution in [3.05, 3.63) is 119 Å². The lowest BCUT2D eigenvalue weighted by Gasteiger charge is -2.37. The fourth-order valence-electron chi connectivity index (χ4n) is 4.35. The summed E-state index contributed by atoms with van der Waals surface area (Å²) in [6.07, 6.45) is 4.49. The third-order valence-corrected chi connectivity index (χ3v) is 5.85. The lowest BCUT2D eigenvalue weighted by molar-refractivity contribution is 0.163. The van der Waals surface area contributed by atoms with Crippen LogP contribution in [-0.2, 0) is 5.60 Å². The van der Waals surface area contributed by atoms with E-state index in [0.717, 1.165) is 22.3 Å². The molecule has 0 radical (unpaired) electrons. The molecule has 1 nitrogen and oxygen atoms in total. The van der Waals surface area contributed by atoms with E-state index >= 15 is 0 Å². The van der Waals surface area contributed by atoms with Gasteiger partial charge in [-0.25, -0.2) is 0 Å². The van der Waals surface area contributed by atoms with Gasteiger partial charge in [0.2, 0.25) is 0 Å². The van der Waals surface area contributed by atoms with Gasteiger partial charge in [-0.2, -0.15) is 0 Å². The van der Waals surface area contributed by atoms with E-state index in [1.807, 2.05) is 41.5 Å². The summed E-state index contributed by atoms with van der Waals surface area (Å²) >= 11 is 4.24. The molecule has 5 rings (SSSR count). The van der Waals surface area contributed by atoms with E-state index in [4.69, 9.17) is 4.74 Å². The number of ether oxygens (including phenoxy) is 1. The van der Waals surface area contributed by atoms with Gasteiger partial charge in [0.1, 0.15) is 5.75 Å². The number of rotatable bonds is 3. The van der Waals surface area contributed by atoms with Crippen LogP contribution < -0.4 is 4.74 Å². The van der Waals surface area contributed by atoms with Crippen LogP contribution >= 0.6 is 37.2 Å². The number of benzene rings is 4. The van der Waals surface area contributed by atoms with Crippen molar-refractivity contribution >= 4 is 54.1 Å². The number of halogens is 2. The van der Waals surface area contributed by atoms with Crippen LogP contribution in [0.15, 0.2) is 97.1 Å². The predicted octanol–water partition coefficient (Wildman–Crippen LogP) is 12.2. The van der Waals surface area contributed by atoms with Crippen molar-refractivity contribution < 1.29 is 4.74 Å². The summed E-state index contributed by atoms with van der Waals surface area (Å²) in [5, 5.41) is 2.38. The Hall–Kier alpha value is -1.86. The van der Waals surface area contributed by atoms with Gasteiger partial charge < -0.3 is 4.74 Å². The number of fused-ring (bicyclic) bond motifs is 3. The Balaban J connectivity index is 0.000000784. The molecule has 1 aliphatic rings. The molecule has 4 aromatic rings. The van der Waals surface area contributed by atoms with E-state index < -0.39 is 5.60 Å². The summed E-state index contributed by atoms with van der Waals surface area (Å²) in [5.74, 6) is 1.39. The Kier molecular flexibility index (Phi) is 15.8. The molecule has 1 aliphatic heterocycles. The van der Waals surface area contributed by atoms with Gasteiger partial charge in [-0.05, 0) is 22.9 Å². The fourth-order valence-corrected chi connectivity index (χ4v) is 4.35. The summed E-state index contributed by atoms with van der Waals surface area (Å²) in [6.45, 7) is 16.5. The van der Waals surface area contributed by atoms with E-state index in [1.165, 1.54) is 16.5 Å². The van der Waals surface area contributed by atoms with E-state index in [2.05, 4.69) is 154 Å². The highest BCUT2D eigenvalue weighted by Crippen LogP contribution is 2.47. The number of hydrogen-bond donors (Lipinski definition) is 0. The topological polar surface area (TPSA) is 9.23 Å². The van der Waals surface area contributed by atoms with Gasteiger partial charge in [0.25, 0.3) is 0 Å². The summed E-state index contributed by atoms with van der Waals surface area (Å²) in [6, 6.07) is 31.9. The zero-order valence-corrected chi connectivity index (χ0v) is 27.9. The predicted molar refractivity (Wildman–Crippen MR) is 183 cm³/mol. The van der Waals surface area contributed by atoms with Gasteiger partial charge in [0.05, 0.1) is 0 Å². The van der Waals surface area contributed by atoms with Crippen molar-refractivity contribution in [1.29, 1.82) is 0 Å². The first-order chi connectivity index (χ1) is 18.2. The third-order valence-electron chi connectivity index (χ3n) is 5.85. The average Bonchev–Trinajstić information content (AvgIpc) is 3.01. The molecule has 3 heteroatoms. The second kappa shape index (κ2) is 17.6. The second-order valence-corrected chi connectivity index (χ2v) is 7.99. The second-order valence-electron chi connectivity index (χ2n) is 7.99. The lowest BCUT2D eigenvalue weighted by atomic mass is 9.82. The van der Waals surface area contributed by atoms with Crippen LogP contribution in [0.3, 0.4) is 0 Å². The molecule has 0 fully saturated rings. The largest absolute Gasteiger partial charge is 0.472 e. The van der Waals surface area contributed by atoms with Crippen molar-refractivity contribution in [3.63, 3.8) is 0 Å². The first kappa shape index (κ1) is 33.2. The van der Waals surface area contributed by atoms with E-state index in [-0.39, 0.29) is 0 Å². The Morgan fingerprint density at radius 3 is 1.59 bits per heavy atom. The maximum Gasteiger partial charge on any atom is 0.178 e. The molecule has 0 atom stereocenters. The molecule has 0 aromatic heterocycles. The Morgan fingerprint density at radius 2 is 1.11 bits per heavy atom. The number of hydrogen-bond acceptors (Lipinski definition) is 1. The van der Waals surface area contributed by atoms with Crippen molar-refractivity contribution in [2.24, 2.45) is 0 Å². The van der Waals surface area contributed by atoms with Crippen LogP contribution in [0.2, 0.25) is 0 Å². The third kappa shape index (κ3) is 7.60. The van der Waals surface area contributed by atoms with E-state index in [9.17, 15) is 0 Å². The maximum absolute atomic E-state index is 7.01. The molecule has 4 aromatic carbocycles. The monoisotopic (exact) mass is 720 g/mol. The summed E-state index contributed by atoms with van der Waals surface area (Å²) < 4.78 is 7.01. The molecular formula is C34H42I2O. The van der Waals surface area contributed by atoms with Crippen LogP contribution in [0.1, 0.15) is 83.6 Å². The minimum Gasteiger partial charge on any atom is -0.472 e. The lowest BCUT2D eigenvalue weighted by Crippen LogP contribution is -2.34. The molecule has 0 aliphatic carbocycles. The molecule has 0 saturated carbocycles. The van der Waals surface area contributed by atoms with Gasteiger partial charge in [0, 0.05) is 59.3 Å². The van der Waals surface area contributed by atoms with Crippen LogP contribution in [0.4, 0.5) is 0 Å². The summed E-state index contributed by atoms with van der Waals surface area (Å²) in [4.78, 5) is 0. The van der Waals surface area contributed by atoms with Crippen molar-refractivity contribution in [1.82, 2.24) is 0 Å². The Labute approximate surface area is 249 Å². The van der Waals surface area contributed by atoms with Crippen LogP contribution in [0, 0.1) is 0 Å². The molecule has 0 bridgehead atoms. The van der Waals surface area contributed by atoms with Crippen molar-refractivity contribution in [3.8, 4) is 5.75 Å². The van der Waals surface area contributed by atoms with Gasteiger partial charge in [0.15, 0.2) is 5.60 Å². The molecule has 1 heterocycles. The van der Waals surface area contributed by atoms with Crippen molar-refractivity contribution in [2.75, 3.05) is 0 Å². The zero-order valence-electron chi connectivity index (χ0n) is 23.6. The molecule has 0 saturated heterocycles. The van der Waals surface area contributed by atoms with Gasteiger partial charge in [-0.1, -0.05) is 152 Å². The average molecular weight is 721 g/mol. The quantitative estimate of drug-likeness (QED) is 0.192. The standard InChI is InChI=1S/C28H24O.3C2H6.I2/c1-20(2)26-19-21-11-9-10-16-24(21)27-25(26)17-18-28(29-27,22-12-5-3-6-13-22)23-14-7-4-8-15-23;4*1-2/h3-20H,1-2H3;3*1-2H3;. The smallest absolute Gasteiger partial charge is 0.178 e. The first-order valence-electron chi connectivity index (χ1n) is 13.4. The fraction of sp³-hybridized carbons (Fsp3) is 0.294. The first-order valence-corrected chi connectivity index (χ1v) is 19.7. The zero-order chi connectivity index (χ0) is 27.8. The molecule has 198 valence electrons. The maximum atomic E-state index is 7.01. The summed E-state index contributed by atoms with van der Waals surface area (Å²) in [7, 11) is 0. The highest BCUT2D eigenvalue weighted by atomic mass is 128. The molecular weight excluding hydrogens is 678 g/mol. The van der Waals surface area contributed by atoms with E-state index in [1.54, 1.807) is 0 Å². The summed E-state index contributed by atoms with van der Waals surface area (Å²) in [5.41, 5.74) is 4.14. The highest BCUT2D eigenvalue weighted by molar-refractivity contribution is 15.0. The SMILES string of the molecule is CC.CC.CC.CC(C)c1cc2ccccc2c2c1C=CC(c1ccccc1)(c1ccccc1)O2.II. The molecule has 0 unspecified atom stereocenters. The Morgan fingerprint density at radius 1 is 0.649 bits per heavy atom. The minimum atomic E-state index is -0.645. The molecule has 0 amide bonds. The normalized spacial score (nSPS) is 12.1. The van der Waals surface area contributed by atoms with Crippen molar-refractivity contribution in [2.45, 2.75) is 66.9 Å². The van der Waals surface area contributed by atoms with Gasteiger partial charge >= 0.3 is 0 Å².